The molecule has 35 heavy (non-hydrogen) atoms. The van der Waals surface area contributed by atoms with Crippen LogP contribution >= 0.6 is 0 Å². The lowest BCUT2D eigenvalue weighted by Gasteiger charge is -2.30. The van der Waals surface area contributed by atoms with E-state index in [0.29, 0.717) is 24.1 Å². The van der Waals surface area contributed by atoms with Crippen LogP contribution in [0.5, 0.6) is 11.5 Å². The molecule has 0 radical (unpaired) electrons. The lowest BCUT2D eigenvalue weighted by molar-refractivity contribution is 0.0950. The molecule has 0 saturated heterocycles. The second-order valence-electron chi connectivity index (χ2n) is 10.7. The van der Waals surface area contributed by atoms with Gasteiger partial charge in [0.2, 0.25) is 0 Å². The van der Waals surface area contributed by atoms with Crippen molar-refractivity contribution in [3.05, 3.63) is 71.3 Å². The number of aromatic hydroxyl groups is 1. The standard InChI is InChI=1S/C31H41NO3/c1-7-30(3,4)23-16-18-27(26(21-23)31(5,6)8-2)35-20-12-11-19-32-29(34)25-17-15-22-13-9-10-14-24(22)28(25)33/h9-10,13-18,21,33H,7-8,11-12,19-20H2,1-6H3,(H,32,34). The fraction of sp³-hybridized carbons (Fsp3) is 0.452. The molecule has 2 N–H and O–H groups in total. The van der Waals surface area contributed by atoms with Gasteiger partial charge >= 0.3 is 0 Å². The topological polar surface area (TPSA) is 58.6 Å². The zero-order chi connectivity index (χ0) is 25.6. The molecule has 0 aliphatic carbocycles. The van der Waals surface area contributed by atoms with Crippen LogP contribution < -0.4 is 10.1 Å². The number of hydrogen-bond acceptors (Lipinski definition) is 3. The quantitative estimate of drug-likeness (QED) is 0.282. The normalized spacial score (nSPS) is 12.1. The third-order valence-electron chi connectivity index (χ3n) is 7.52. The molecule has 0 aromatic heterocycles. The third kappa shape index (κ3) is 6.17. The van der Waals surface area contributed by atoms with E-state index >= 15 is 0 Å². The van der Waals surface area contributed by atoms with Crippen LogP contribution in [0.2, 0.25) is 0 Å². The molecule has 1 amide bonds. The molecular formula is C31H41NO3. The van der Waals surface area contributed by atoms with E-state index in [1.165, 1.54) is 11.1 Å². The number of phenolic OH excluding ortho intramolecular Hbond substituents is 1. The van der Waals surface area contributed by atoms with Gasteiger partial charge in [-0.05, 0) is 59.6 Å². The Morgan fingerprint density at radius 1 is 0.914 bits per heavy atom. The summed E-state index contributed by atoms with van der Waals surface area (Å²) in [7, 11) is 0. The first-order valence-electron chi connectivity index (χ1n) is 12.9. The molecule has 188 valence electrons. The van der Waals surface area contributed by atoms with Gasteiger partial charge in [0, 0.05) is 17.5 Å². The maximum absolute atomic E-state index is 12.6. The highest BCUT2D eigenvalue weighted by Gasteiger charge is 2.26. The average molecular weight is 476 g/mol. The molecule has 0 saturated carbocycles. The zero-order valence-corrected chi connectivity index (χ0v) is 22.2. The van der Waals surface area contributed by atoms with Crippen molar-refractivity contribution in [3.63, 3.8) is 0 Å². The van der Waals surface area contributed by atoms with Crippen molar-refractivity contribution in [2.75, 3.05) is 13.2 Å². The second kappa shape index (κ2) is 11.2. The number of amides is 1. The number of unbranched alkanes of at least 4 members (excludes halogenated alkanes) is 1. The van der Waals surface area contributed by atoms with E-state index in [1.807, 2.05) is 30.3 Å². The molecule has 0 spiro atoms. The first-order chi connectivity index (χ1) is 16.6. The van der Waals surface area contributed by atoms with E-state index in [1.54, 1.807) is 6.07 Å². The summed E-state index contributed by atoms with van der Waals surface area (Å²) in [5, 5.41) is 15.0. The number of phenols is 1. The number of ether oxygens (including phenoxy) is 1. The van der Waals surface area contributed by atoms with E-state index in [9.17, 15) is 9.90 Å². The Morgan fingerprint density at radius 2 is 1.63 bits per heavy atom. The van der Waals surface area contributed by atoms with Gasteiger partial charge in [0.25, 0.3) is 5.91 Å². The molecule has 3 aromatic carbocycles. The number of carbonyl (C=O) groups is 1. The van der Waals surface area contributed by atoms with Crippen LogP contribution in [0.1, 0.15) is 88.7 Å². The van der Waals surface area contributed by atoms with Crippen molar-refractivity contribution < 1.29 is 14.6 Å². The van der Waals surface area contributed by atoms with Gasteiger partial charge in [-0.2, -0.15) is 0 Å². The van der Waals surface area contributed by atoms with E-state index in [-0.39, 0.29) is 22.5 Å². The van der Waals surface area contributed by atoms with Gasteiger partial charge in [0.15, 0.2) is 0 Å². The van der Waals surface area contributed by atoms with E-state index in [2.05, 4.69) is 65.1 Å². The highest BCUT2D eigenvalue weighted by molar-refractivity contribution is 6.03. The molecule has 4 nitrogen and oxygen atoms in total. The Morgan fingerprint density at radius 3 is 2.34 bits per heavy atom. The molecule has 4 heteroatoms. The maximum Gasteiger partial charge on any atom is 0.255 e. The second-order valence-corrected chi connectivity index (χ2v) is 10.7. The monoisotopic (exact) mass is 475 g/mol. The minimum Gasteiger partial charge on any atom is -0.506 e. The lowest BCUT2D eigenvalue weighted by Crippen LogP contribution is -2.25. The first-order valence-corrected chi connectivity index (χ1v) is 12.9. The van der Waals surface area contributed by atoms with Gasteiger partial charge in [-0.3, -0.25) is 4.79 Å². The molecule has 0 fully saturated rings. The van der Waals surface area contributed by atoms with Crippen LogP contribution in [-0.4, -0.2) is 24.2 Å². The van der Waals surface area contributed by atoms with Crippen molar-refractivity contribution in [1.82, 2.24) is 5.32 Å². The molecule has 0 aliphatic rings. The largest absolute Gasteiger partial charge is 0.506 e. The van der Waals surface area contributed by atoms with Crippen LogP contribution in [0.4, 0.5) is 0 Å². The summed E-state index contributed by atoms with van der Waals surface area (Å²) in [6, 6.07) is 17.7. The van der Waals surface area contributed by atoms with Crippen LogP contribution in [-0.2, 0) is 10.8 Å². The highest BCUT2D eigenvalue weighted by Crippen LogP contribution is 2.38. The highest BCUT2D eigenvalue weighted by atomic mass is 16.5. The fourth-order valence-electron chi connectivity index (χ4n) is 4.14. The predicted molar refractivity (Wildman–Crippen MR) is 146 cm³/mol. The summed E-state index contributed by atoms with van der Waals surface area (Å²) >= 11 is 0. The van der Waals surface area contributed by atoms with Crippen molar-refractivity contribution in [3.8, 4) is 11.5 Å². The van der Waals surface area contributed by atoms with Gasteiger partial charge in [-0.1, -0.05) is 84.0 Å². The lowest BCUT2D eigenvalue weighted by atomic mass is 9.76. The minimum atomic E-state index is -0.254. The predicted octanol–water partition coefficient (Wildman–Crippen LogP) is 7.51. The van der Waals surface area contributed by atoms with Crippen molar-refractivity contribution in [2.45, 2.75) is 78.1 Å². The van der Waals surface area contributed by atoms with Crippen LogP contribution in [0.15, 0.2) is 54.6 Å². The van der Waals surface area contributed by atoms with Crippen molar-refractivity contribution in [2.24, 2.45) is 0 Å². The summed E-state index contributed by atoms with van der Waals surface area (Å²) in [6.45, 7) is 14.7. The molecule has 0 unspecified atom stereocenters. The number of nitrogens with one attached hydrogen (secondary N) is 1. The number of fused-ring (bicyclic) bond motifs is 1. The Labute approximate surface area is 210 Å². The van der Waals surface area contributed by atoms with Crippen molar-refractivity contribution >= 4 is 16.7 Å². The van der Waals surface area contributed by atoms with Crippen LogP contribution in [0.25, 0.3) is 10.8 Å². The van der Waals surface area contributed by atoms with Crippen LogP contribution in [0, 0.1) is 0 Å². The Bertz CT molecular complexity index is 1160. The SMILES string of the molecule is CCC(C)(C)c1ccc(OCCCCNC(=O)c2ccc3ccccc3c2O)c(C(C)(C)CC)c1. The van der Waals surface area contributed by atoms with Gasteiger partial charge in [0.05, 0.1) is 12.2 Å². The summed E-state index contributed by atoms with van der Waals surface area (Å²) in [5.41, 5.74) is 3.09. The molecule has 0 aliphatic heterocycles. The Balaban J connectivity index is 1.55. The minimum absolute atomic E-state index is 0.0321. The Hall–Kier alpha value is -3.01. The van der Waals surface area contributed by atoms with Gasteiger partial charge < -0.3 is 15.2 Å². The molecule has 3 rings (SSSR count). The summed E-state index contributed by atoms with van der Waals surface area (Å²) < 4.78 is 6.23. The molecule has 0 bridgehead atoms. The summed E-state index contributed by atoms with van der Waals surface area (Å²) in [4.78, 5) is 12.6. The smallest absolute Gasteiger partial charge is 0.255 e. The molecule has 0 atom stereocenters. The van der Waals surface area contributed by atoms with Gasteiger partial charge in [0.1, 0.15) is 11.5 Å². The number of carbonyl (C=O) groups excluding carboxylic acids is 1. The van der Waals surface area contributed by atoms with E-state index < -0.39 is 0 Å². The average Bonchev–Trinajstić information content (AvgIpc) is 2.86. The third-order valence-corrected chi connectivity index (χ3v) is 7.52. The number of rotatable bonds is 11. The zero-order valence-electron chi connectivity index (χ0n) is 22.2. The summed E-state index contributed by atoms with van der Waals surface area (Å²) in [5.74, 6) is 0.734. The number of benzene rings is 3. The molecule has 3 aromatic rings. The number of hydrogen-bond donors (Lipinski definition) is 2. The maximum atomic E-state index is 12.6. The van der Waals surface area contributed by atoms with Gasteiger partial charge in [-0.15, -0.1) is 0 Å². The fourth-order valence-corrected chi connectivity index (χ4v) is 4.14. The van der Waals surface area contributed by atoms with Gasteiger partial charge in [-0.25, -0.2) is 0 Å². The van der Waals surface area contributed by atoms with Crippen molar-refractivity contribution in [1.29, 1.82) is 0 Å². The molecule has 0 heterocycles. The Kier molecular flexibility index (Phi) is 8.47. The summed E-state index contributed by atoms with van der Waals surface area (Å²) in [6.07, 6.45) is 3.75. The van der Waals surface area contributed by atoms with E-state index in [0.717, 1.165) is 36.8 Å². The molecular weight excluding hydrogens is 434 g/mol. The van der Waals surface area contributed by atoms with E-state index in [4.69, 9.17) is 4.74 Å². The first kappa shape index (κ1) is 26.6. The van der Waals surface area contributed by atoms with Crippen LogP contribution in [0.3, 0.4) is 0 Å².